The molecule has 0 heterocycles. The highest BCUT2D eigenvalue weighted by Gasteiger charge is 2.12. The summed E-state index contributed by atoms with van der Waals surface area (Å²) in [4.78, 5) is 26.2. The minimum Gasteiger partial charge on any atom is -0.376 e. The molecule has 26 heavy (non-hydrogen) atoms. The molecule has 0 fully saturated rings. The quantitative estimate of drug-likeness (QED) is 0.743. The van der Waals surface area contributed by atoms with Gasteiger partial charge in [0, 0.05) is 35.9 Å². The van der Waals surface area contributed by atoms with E-state index in [0.717, 1.165) is 11.3 Å². The number of halogens is 1. The lowest BCUT2D eigenvalue weighted by Crippen LogP contribution is -2.31. The van der Waals surface area contributed by atoms with Crippen molar-refractivity contribution in [1.29, 1.82) is 0 Å². The molecule has 2 amide bonds. The van der Waals surface area contributed by atoms with Gasteiger partial charge in [0.05, 0.1) is 6.54 Å². The SMILES string of the molecule is CCN(CC)C(=O)c1cccc(NCC(=O)NCc2ccccc2Cl)c1. The van der Waals surface area contributed by atoms with Crippen molar-refractivity contribution >= 4 is 29.1 Å². The van der Waals surface area contributed by atoms with Gasteiger partial charge in [-0.25, -0.2) is 0 Å². The van der Waals surface area contributed by atoms with Crippen LogP contribution in [0.4, 0.5) is 5.69 Å². The van der Waals surface area contributed by atoms with Gasteiger partial charge in [0.25, 0.3) is 5.91 Å². The first-order chi connectivity index (χ1) is 12.5. The fraction of sp³-hybridized carbons (Fsp3) is 0.300. The van der Waals surface area contributed by atoms with Gasteiger partial charge in [0.1, 0.15) is 0 Å². The number of nitrogens with one attached hydrogen (secondary N) is 2. The van der Waals surface area contributed by atoms with E-state index in [2.05, 4.69) is 10.6 Å². The molecule has 0 saturated heterocycles. The monoisotopic (exact) mass is 373 g/mol. The zero-order valence-corrected chi connectivity index (χ0v) is 15.8. The van der Waals surface area contributed by atoms with Crippen molar-refractivity contribution < 1.29 is 9.59 Å². The van der Waals surface area contributed by atoms with Gasteiger partial charge in [-0.2, -0.15) is 0 Å². The molecule has 5 nitrogen and oxygen atoms in total. The van der Waals surface area contributed by atoms with E-state index in [0.29, 0.717) is 30.2 Å². The molecule has 0 atom stereocenters. The Morgan fingerprint density at radius 1 is 1.04 bits per heavy atom. The van der Waals surface area contributed by atoms with Crippen molar-refractivity contribution in [2.45, 2.75) is 20.4 Å². The standard InChI is InChI=1S/C20H24ClN3O2/c1-3-24(4-2)20(26)15-9-7-10-17(12-15)22-14-19(25)23-13-16-8-5-6-11-18(16)21/h5-12,22H,3-4,13-14H2,1-2H3,(H,23,25). The third-order valence-corrected chi connectivity index (χ3v) is 4.42. The van der Waals surface area contributed by atoms with Crippen LogP contribution in [0.3, 0.4) is 0 Å². The molecule has 6 heteroatoms. The van der Waals surface area contributed by atoms with Crippen LogP contribution in [0.15, 0.2) is 48.5 Å². The summed E-state index contributed by atoms with van der Waals surface area (Å²) >= 11 is 6.07. The van der Waals surface area contributed by atoms with Crippen LogP contribution in [0.25, 0.3) is 0 Å². The molecule has 0 radical (unpaired) electrons. The molecular weight excluding hydrogens is 350 g/mol. The summed E-state index contributed by atoms with van der Waals surface area (Å²) < 4.78 is 0. The largest absolute Gasteiger partial charge is 0.376 e. The van der Waals surface area contributed by atoms with E-state index in [4.69, 9.17) is 11.6 Å². The Bertz CT molecular complexity index is 760. The number of amides is 2. The first kappa shape index (κ1) is 19.8. The fourth-order valence-electron chi connectivity index (χ4n) is 2.54. The lowest BCUT2D eigenvalue weighted by atomic mass is 10.1. The smallest absolute Gasteiger partial charge is 0.253 e. The van der Waals surface area contributed by atoms with Crippen LogP contribution in [0.1, 0.15) is 29.8 Å². The molecule has 2 rings (SSSR count). The summed E-state index contributed by atoms with van der Waals surface area (Å²) in [6, 6.07) is 14.6. The predicted octanol–water partition coefficient (Wildman–Crippen LogP) is 3.55. The Morgan fingerprint density at radius 2 is 1.77 bits per heavy atom. The second-order valence-corrected chi connectivity index (χ2v) is 6.19. The average Bonchev–Trinajstić information content (AvgIpc) is 2.67. The molecule has 0 aromatic heterocycles. The van der Waals surface area contributed by atoms with Crippen LogP contribution in [0.2, 0.25) is 5.02 Å². The van der Waals surface area contributed by atoms with Gasteiger partial charge < -0.3 is 15.5 Å². The zero-order chi connectivity index (χ0) is 18.9. The number of hydrogen-bond donors (Lipinski definition) is 2. The maximum atomic E-state index is 12.4. The number of carbonyl (C=O) groups excluding carboxylic acids is 2. The minimum absolute atomic E-state index is 0.0122. The van der Waals surface area contributed by atoms with E-state index < -0.39 is 0 Å². The Hall–Kier alpha value is -2.53. The molecule has 0 bridgehead atoms. The number of hydrogen-bond acceptors (Lipinski definition) is 3. The third kappa shape index (κ3) is 5.49. The molecule has 0 spiro atoms. The Kier molecular flexibility index (Phi) is 7.48. The fourth-order valence-corrected chi connectivity index (χ4v) is 2.74. The normalized spacial score (nSPS) is 10.3. The van der Waals surface area contributed by atoms with E-state index in [1.165, 1.54) is 0 Å². The number of carbonyl (C=O) groups is 2. The second kappa shape index (κ2) is 9.82. The van der Waals surface area contributed by atoms with E-state index in [1.54, 1.807) is 29.2 Å². The summed E-state index contributed by atoms with van der Waals surface area (Å²) in [6.45, 7) is 5.72. The van der Waals surface area contributed by atoms with Crippen molar-refractivity contribution in [3.63, 3.8) is 0 Å². The van der Waals surface area contributed by atoms with Crippen molar-refractivity contribution in [2.75, 3.05) is 25.0 Å². The third-order valence-electron chi connectivity index (χ3n) is 4.05. The van der Waals surface area contributed by atoms with E-state index in [9.17, 15) is 9.59 Å². The van der Waals surface area contributed by atoms with Crippen molar-refractivity contribution in [1.82, 2.24) is 10.2 Å². The first-order valence-corrected chi connectivity index (χ1v) is 9.06. The zero-order valence-electron chi connectivity index (χ0n) is 15.1. The van der Waals surface area contributed by atoms with E-state index in [-0.39, 0.29) is 18.4 Å². The number of nitrogens with zero attached hydrogens (tertiary/aromatic N) is 1. The van der Waals surface area contributed by atoms with E-state index >= 15 is 0 Å². The molecule has 0 unspecified atom stereocenters. The summed E-state index contributed by atoms with van der Waals surface area (Å²) in [5.74, 6) is -0.160. The van der Waals surface area contributed by atoms with E-state index in [1.807, 2.05) is 38.1 Å². The highest BCUT2D eigenvalue weighted by molar-refractivity contribution is 6.31. The lowest BCUT2D eigenvalue weighted by molar-refractivity contribution is -0.119. The van der Waals surface area contributed by atoms with Gasteiger partial charge in [-0.1, -0.05) is 35.9 Å². The summed E-state index contributed by atoms with van der Waals surface area (Å²) in [5.41, 5.74) is 2.21. The molecular formula is C20H24ClN3O2. The summed E-state index contributed by atoms with van der Waals surface area (Å²) in [6.07, 6.45) is 0. The molecule has 0 aliphatic heterocycles. The molecule has 0 saturated carbocycles. The molecule has 2 aromatic rings. The van der Waals surface area contributed by atoms with Crippen LogP contribution < -0.4 is 10.6 Å². The summed E-state index contributed by atoms with van der Waals surface area (Å²) in [7, 11) is 0. The Morgan fingerprint density at radius 3 is 2.46 bits per heavy atom. The van der Waals surface area contributed by atoms with Crippen LogP contribution in [-0.2, 0) is 11.3 Å². The topological polar surface area (TPSA) is 61.4 Å². The predicted molar refractivity (Wildman–Crippen MR) is 105 cm³/mol. The Labute approximate surface area is 159 Å². The van der Waals surface area contributed by atoms with Crippen molar-refractivity contribution in [3.8, 4) is 0 Å². The number of rotatable bonds is 8. The van der Waals surface area contributed by atoms with Crippen LogP contribution >= 0.6 is 11.6 Å². The van der Waals surface area contributed by atoms with Crippen molar-refractivity contribution in [2.24, 2.45) is 0 Å². The van der Waals surface area contributed by atoms with Gasteiger partial charge in [-0.15, -0.1) is 0 Å². The van der Waals surface area contributed by atoms with Crippen LogP contribution in [-0.4, -0.2) is 36.3 Å². The maximum absolute atomic E-state index is 12.4. The molecule has 2 N–H and O–H groups in total. The van der Waals surface area contributed by atoms with Crippen LogP contribution in [0, 0.1) is 0 Å². The van der Waals surface area contributed by atoms with Crippen molar-refractivity contribution in [3.05, 3.63) is 64.7 Å². The molecule has 0 aliphatic carbocycles. The highest BCUT2D eigenvalue weighted by Crippen LogP contribution is 2.15. The average molecular weight is 374 g/mol. The molecule has 2 aromatic carbocycles. The van der Waals surface area contributed by atoms with Gasteiger partial charge in [0.2, 0.25) is 5.91 Å². The first-order valence-electron chi connectivity index (χ1n) is 8.68. The van der Waals surface area contributed by atoms with Gasteiger partial charge in [0.15, 0.2) is 0 Å². The number of anilines is 1. The Balaban J connectivity index is 1.89. The number of benzene rings is 2. The van der Waals surface area contributed by atoms with Gasteiger partial charge >= 0.3 is 0 Å². The lowest BCUT2D eigenvalue weighted by Gasteiger charge is -2.19. The van der Waals surface area contributed by atoms with Crippen LogP contribution in [0.5, 0.6) is 0 Å². The van der Waals surface area contributed by atoms with Gasteiger partial charge in [-0.05, 0) is 43.7 Å². The molecule has 0 aliphatic rings. The highest BCUT2D eigenvalue weighted by atomic mass is 35.5. The maximum Gasteiger partial charge on any atom is 0.253 e. The minimum atomic E-state index is -0.148. The van der Waals surface area contributed by atoms with Gasteiger partial charge in [-0.3, -0.25) is 9.59 Å². The molecule has 138 valence electrons. The summed E-state index contributed by atoms with van der Waals surface area (Å²) in [5, 5.41) is 6.50. The second-order valence-electron chi connectivity index (χ2n) is 5.78.